The van der Waals surface area contributed by atoms with Crippen molar-refractivity contribution in [2.45, 2.75) is 32.6 Å². The van der Waals surface area contributed by atoms with Crippen LogP contribution in [0.3, 0.4) is 0 Å². The van der Waals surface area contributed by atoms with Crippen LogP contribution < -0.4 is 5.32 Å². The highest BCUT2D eigenvalue weighted by atomic mass is 14.9. The Morgan fingerprint density at radius 1 is 1.46 bits per heavy atom. The monoisotopic (exact) mass is 175 g/mol. The Kier molecular flexibility index (Phi) is 2.26. The first-order valence-electron chi connectivity index (χ1n) is 5.16. The molecule has 1 aliphatic heterocycles. The number of anilines is 1. The van der Waals surface area contributed by atoms with E-state index in [1.807, 2.05) is 0 Å². The Bertz CT molecular complexity index is 304. The van der Waals surface area contributed by atoms with Crippen molar-refractivity contribution in [1.82, 2.24) is 0 Å². The van der Waals surface area contributed by atoms with Crippen LogP contribution in [-0.2, 0) is 0 Å². The van der Waals surface area contributed by atoms with Crippen LogP contribution in [0.4, 0.5) is 5.69 Å². The predicted molar refractivity (Wildman–Crippen MR) is 57.3 cm³/mol. The summed E-state index contributed by atoms with van der Waals surface area (Å²) in [5, 5.41) is 3.50. The van der Waals surface area contributed by atoms with Gasteiger partial charge >= 0.3 is 0 Å². The van der Waals surface area contributed by atoms with E-state index in [4.69, 9.17) is 0 Å². The summed E-state index contributed by atoms with van der Waals surface area (Å²) in [5.74, 6) is 0.774. The molecule has 1 N–H and O–H groups in total. The summed E-state index contributed by atoms with van der Waals surface area (Å²) >= 11 is 0. The summed E-state index contributed by atoms with van der Waals surface area (Å²) in [5.41, 5.74) is 4.30. The molecule has 1 heterocycles. The Labute approximate surface area is 80.2 Å². The standard InChI is InChI=1S/C12H17N/c1-3-10-7-8-13-12-9(2)5-4-6-11(10)12/h4-6,10,13H,3,7-8H2,1-2H3. The van der Waals surface area contributed by atoms with Crippen molar-refractivity contribution >= 4 is 5.69 Å². The molecule has 0 fully saturated rings. The zero-order chi connectivity index (χ0) is 9.26. The van der Waals surface area contributed by atoms with Crippen molar-refractivity contribution < 1.29 is 0 Å². The summed E-state index contributed by atoms with van der Waals surface area (Å²) in [7, 11) is 0. The molecule has 70 valence electrons. The second-order valence-corrected chi connectivity index (χ2v) is 3.86. The number of nitrogens with one attached hydrogen (secondary N) is 1. The van der Waals surface area contributed by atoms with E-state index in [1.165, 1.54) is 29.7 Å². The number of hydrogen-bond donors (Lipinski definition) is 1. The summed E-state index contributed by atoms with van der Waals surface area (Å²) in [6.07, 6.45) is 2.55. The van der Waals surface area contributed by atoms with E-state index >= 15 is 0 Å². The van der Waals surface area contributed by atoms with Gasteiger partial charge in [0.15, 0.2) is 0 Å². The SMILES string of the molecule is CCC1CCNc2c(C)cccc21. The van der Waals surface area contributed by atoms with Gasteiger partial charge in [0.25, 0.3) is 0 Å². The Balaban J connectivity index is 2.45. The molecule has 2 rings (SSSR count). The van der Waals surface area contributed by atoms with Gasteiger partial charge in [-0.1, -0.05) is 25.1 Å². The van der Waals surface area contributed by atoms with E-state index in [2.05, 4.69) is 37.4 Å². The first kappa shape index (κ1) is 8.61. The van der Waals surface area contributed by atoms with Crippen LogP contribution in [0.1, 0.15) is 36.8 Å². The van der Waals surface area contributed by atoms with E-state index in [0.29, 0.717) is 0 Å². The van der Waals surface area contributed by atoms with Crippen molar-refractivity contribution in [3.8, 4) is 0 Å². The average Bonchev–Trinajstić information content (AvgIpc) is 2.18. The fraction of sp³-hybridized carbons (Fsp3) is 0.500. The molecule has 0 aliphatic carbocycles. The molecular weight excluding hydrogens is 158 g/mol. The molecule has 0 spiro atoms. The summed E-state index contributed by atoms with van der Waals surface area (Å²) < 4.78 is 0. The fourth-order valence-corrected chi connectivity index (χ4v) is 2.22. The first-order valence-corrected chi connectivity index (χ1v) is 5.16. The minimum atomic E-state index is 0.774. The fourth-order valence-electron chi connectivity index (χ4n) is 2.22. The van der Waals surface area contributed by atoms with E-state index in [0.717, 1.165) is 12.5 Å². The number of benzene rings is 1. The molecule has 0 saturated heterocycles. The summed E-state index contributed by atoms with van der Waals surface area (Å²) in [6.45, 7) is 5.60. The molecule has 0 bridgehead atoms. The van der Waals surface area contributed by atoms with Crippen molar-refractivity contribution in [2.75, 3.05) is 11.9 Å². The Morgan fingerprint density at radius 2 is 2.31 bits per heavy atom. The lowest BCUT2D eigenvalue weighted by atomic mass is 9.87. The van der Waals surface area contributed by atoms with Gasteiger partial charge in [-0.25, -0.2) is 0 Å². The maximum Gasteiger partial charge on any atom is 0.0405 e. The quantitative estimate of drug-likeness (QED) is 0.690. The summed E-state index contributed by atoms with van der Waals surface area (Å²) in [4.78, 5) is 0. The largest absolute Gasteiger partial charge is 0.385 e. The molecule has 1 aromatic carbocycles. The van der Waals surface area contributed by atoms with Gasteiger partial charge in [-0.2, -0.15) is 0 Å². The van der Waals surface area contributed by atoms with Crippen molar-refractivity contribution in [3.05, 3.63) is 29.3 Å². The van der Waals surface area contributed by atoms with Gasteiger partial charge in [-0.05, 0) is 36.8 Å². The molecule has 1 nitrogen and oxygen atoms in total. The maximum atomic E-state index is 3.50. The van der Waals surface area contributed by atoms with E-state index in [9.17, 15) is 0 Å². The lowest BCUT2D eigenvalue weighted by Crippen LogP contribution is -2.17. The van der Waals surface area contributed by atoms with Crippen LogP contribution >= 0.6 is 0 Å². The zero-order valence-corrected chi connectivity index (χ0v) is 8.43. The van der Waals surface area contributed by atoms with Crippen LogP contribution in [0.15, 0.2) is 18.2 Å². The third kappa shape index (κ3) is 1.43. The number of fused-ring (bicyclic) bond motifs is 1. The minimum absolute atomic E-state index is 0.774. The van der Waals surface area contributed by atoms with Gasteiger partial charge in [0.05, 0.1) is 0 Å². The Morgan fingerprint density at radius 3 is 3.08 bits per heavy atom. The predicted octanol–water partition coefficient (Wildman–Crippen LogP) is 3.30. The molecule has 1 heteroatoms. The third-order valence-corrected chi connectivity index (χ3v) is 3.03. The van der Waals surface area contributed by atoms with Crippen LogP contribution in [0.5, 0.6) is 0 Å². The lowest BCUT2D eigenvalue weighted by Gasteiger charge is -2.27. The molecular formula is C12H17N. The highest BCUT2D eigenvalue weighted by Gasteiger charge is 2.18. The molecule has 1 atom stereocenters. The van der Waals surface area contributed by atoms with Gasteiger partial charge in [0, 0.05) is 12.2 Å². The van der Waals surface area contributed by atoms with Gasteiger partial charge in [-0.15, -0.1) is 0 Å². The highest BCUT2D eigenvalue weighted by Crippen LogP contribution is 2.35. The number of aryl methyl sites for hydroxylation is 1. The number of rotatable bonds is 1. The van der Waals surface area contributed by atoms with Crippen LogP contribution in [0, 0.1) is 6.92 Å². The number of hydrogen-bond acceptors (Lipinski definition) is 1. The number of para-hydroxylation sites is 1. The van der Waals surface area contributed by atoms with Gasteiger partial charge in [0.1, 0.15) is 0 Å². The molecule has 1 aliphatic rings. The second-order valence-electron chi connectivity index (χ2n) is 3.86. The van der Waals surface area contributed by atoms with E-state index in [1.54, 1.807) is 0 Å². The first-order chi connectivity index (χ1) is 6.33. The highest BCUT2D eigenvalue weighted by molar-refractivity contribution is 5.60. The van der Waals surface area contributed by atoms with Crippen LogP contribution in [0.2, 0.25) is 0 Å². The van der Waals surface area contributed by atoms with Crippen LogP contribution in [0.25, 0.3) is 0 Å². The van der Waals surface area contributed by atoms with Crippen molar-refractivity contribution in [1.29, 1.82) is 0 Å². The molecule has 13 heavy (non-hydrogen) atoms. The Hall–Kier alpha value is -0.980. The zero-order valence-electron chi connectivity index (χ0n) is 8.43. The normalized spacial score (nSPS) is 20.6. The van der Waals surface area contributed by atoms with Crippen molar-refractivity contribution in [3.63, 3.8) is 0 Å². The molecule has 0 radical (unpaired) electrons. The van der Waals surface area contributed by atoms with Gasteiger partial charge in [0.2, 0.25) is 0 Å². The molecule has 1 unspecified atom stereocenters. The van der Waals surface area contributed by atoms with E-state index < -0.39 is 0 Å². The van der Waals surface area contributed by atoms with Crippen molar-refractivity contribution in [2.24, 2.45) is 0 Å². The molecule has 1 aromatic rings. The molecule has 0 aromatic heterocycles. The smallest absolute Gasteiger partial charge is 0.0405 e. The summed E-state index contributed by atoms with van der Waals surface area (Å²) in [6, 6.07) is 6.62. The van der Waals surface area contributed by atoms with Gasteiger partial charge < -0.3 is 5.32 Å². The molecule has 0 saturated carbocycles. The maximum absolute atomic E-state index is 3.50. The van der Waals surface area contributed by atoms with E-state index in [-0.39, 0.29) is 0 Å². The topological polar surface area (TPSA) is 12.0 Å². The van der Waals surface area contributed by atoms with Crippen LogP contribution in [-0.4, -0.2) is 6.54 Å². The third-order valence-electron chi connectivity index (χ3n) is 3.03. The van der Waals surface area contributed by atoms with Gasteiger partial charge in [-0.3, -0.25) is 0 Å². The lowest BCUT2D eigenvalue weighted by molar-refractivity contribution is 0.608. The minimum Gasteiger partial charge on any atom is -0.385 e. The molecule has 0 amide bonds. The average molecular weight is 175 g/mol. The second kappa shape index (κ2) is 3.41.